The van der Waals surface area contributed by atoms with Crippen molar-refractivity contribution in [3.8, 4) is 0 Å². The smallest absolute Gasteiger partial charge is 0.313 e. The molecular formula is C13H18N2O2S. The van der Waals surface area contributed by atoms with Gasteiger partial charge in [0, 0.05) is 17.1 Å². The molecular weight excluding hydrogens is 248 g/mol. The van der Waals surface area contributed by atoms with Crippen LogP contribution in [0.5, 0.6) is 0 Å². The third kappa shape index (κ3) is 4.79. The van der Waals surface area contributed by atoms with Crippen LogP contribution in [0, 0.1) is 5.92 Å². The van der Waals surface area contributed by atoms with E-state index in [4.69, 9.17) is 0 Å². The molecule has 0 saturated heterocycles. The van der Waals surface area contributed by atoms with Gasteiger partial charge in [-0.15, -0.1) is 11.8 Å². The maximum Gasteiger partial charge on any atom is 0.313 e. The van der Waals surface area contributed by atoms with Gasteiger partial charge in [-0.1, -0.05) is 19.9 Å². The van der Waals surface area contributed by atoms with Gasteiger partial charge in [-0.3, -0.25) is 9.59 Å². The quantitative estimate of drug-likeness (QED) is 0.648. The zero-order chi connectivity index (χ0) is 13.5. The number of thioether (sulfide) groups is 1. The lowest BCUT2D eigenvalue weighted by Gasteiger charge is -2.08. The minimum absolute atomic E-state index is 0.321. The summed E-state index contributed by atoms with van der Waals surface area (Å²) in [6.07, 6.45) is 1.95. The van der Waals surface area contributed by atoms with Crippen LogP contribution in [0.1, 0.15) is 13.8 Å². The molecule has 1 aromatic carbocycles. The summed E-state index contributed by atoms with van der Waals surface area (Å²) >= 11 is 1.58. The molecule has 0 atom stereocenters. The Labute approximate surface area is 112 Å². The summed E-state index contributed by atoms with van der Waals surface area (Å²) < 4.78 is 0. The molecule has 0 fully saturated rings. The second-order valence-electron chi connectivity index (χ2n) is 4.29. The van der Waals surface area contributed by atoms with E-state index in [2.05, 4.69) is 10.6 Å². The number of hydrogen-bond acceptors (Lipinski definition) is 3. The second-order valence-corrected chi connectivity index (χ2v) is 5.17. The van der Waals surface area contributed by atoms with Crippen molar-refractivity contribution in [3.05, 3.63) is 24.3 Å². The number of rotatable bonds is 4. The van der Waals surface area contributed by atoms with Gasteiger partial charge < -0.3 is 10.6 Å². The summed E-state index contributed by atoms with van der Waals surface area (Å²) in [5.41, 5.74) is 0.631. The molecule has 18 heavy (non-hydrogen) atoms. The first-order chi connectivity index (χ1) is 8.52. The number of anilines is 1. The van der Waals surface area contributed by atoms with Crippen LogP contribution >= 0.6 is 11.8 Å². The highest BCUT2D eigenvalue weighted by atomic mass is 32.2. The SMILES string of the molecule is CSc1cccc(NC(=O)C(=O)NCC(C)C)c1. The molecule has 2 amide bonds. The van der Waals surface area contributed by atoms with Crippen LogP contribution in [-0.4, -0.2) is 24.6 Å². The van der Waals surface area contributed by atoms with Gasteiger partial charge in [0.2, 0.25) is 0 Å². The molecule has 0 aliphatic heterocycles. The van der Waals surface area contributed by atoms with Crippen molar-refractivity contribution < 1.29 is 9.59 Å². The summed E-state index contributed by atoms with van der Waals surface area (Å²) in [5, 5.41) is 5.15. The third-order valence-corrected chi connectivity index (χ3v) is 2.93. The van der Waals surface area contributed by atoms with Crippen LogP contribution in [0.4, 0.5) is 5.69 Å². The third-order valence-electron chi connectivity index (χ3n) is 2.20. The molecule has 0 aliphatic carbocycles. The van der Waals surface area contributed by atoms with Gasteiger partial charge in [0.1, 0.15) is 0 Å². The second kappa shape index (κ2) is 7.06. The number of amides is 2. The molecule has 2 N–H and O–H groups in total. The molecule has 0 spiro atoms. The van der Waals surface area contributed by atoms with Gasteiger partial charge in [0.25, 0.3) is 0 Å². The van der Waals surface area contributed by atoms with Crippen LogP contribution < -0.4 is 10.6 Å². The van der Waals surface area contributed by atoms with Crippen LogP contribution in [0.25, 0.3) is 0 Å². The largest absolute Gasteiger partial charge is 0.348 e. The highest BCUT2D eigenvalue weighted by Gasteiger charge is 2.13. The number of carbonyl (C=O) groups is 2. The van der Waals surface area contributed by atoms with Crippen LogP contribution in [0.2, 0.25) is 0 Å². The highest BCUT2D eigenvalue weighted by Crippen LogP contribution is 2.18. The molecule has 1 rings (SSSR count). The molecule has 98 valence electrons. The van der Waals surface area contributed by atoms with Crippen molar-refractivity contribution in [2.45, 2.75) is 18.7 Å². The van der Waals surface area contributed by atoms with Crippen LogP contribution in [-0.2, 0) is 9.59 Å². The fourth-order valence-electron chi connectivity index (χ4n) is 1.27. The first-order valence-electron chi connectivity index (χ1n) is 5.76. The average Bonchev–Trinajstić information content (AvgIpc) is 2.36. The Morgan fingerprint density at radius 3 is 2.61 bits per heavy atom. The van der Waals surface area contributed by atoms with Crippen molar-refractivity contribution in [3.63, 3.8) is 0 Å². The number of carbonyl (C=O) groups excluding carboxylic acids is 2. The average molecular weight is 266 g/mol. The van der Waals surface area contributed by atoms with Gasteiger partial charge in [-0.25, -0.2) is 0 Å². The Morgan fingerprint density at radius 2 is 2.00 bits per heavy atom. The summed E-state index contributed by atoms with van der Waals surface area (Å²) in [7, 11) is 0. The summed E-state index contributed by atoms with van der Waals surface area (Å²) in [6.45, 7) is 4.44. The highest BCUT2D eigenvalue weighted by molar-refractivity contribution is 7.98. The van der Waals surface area contributed by atoms with E-state index in [-0.39, 0.29) is 0 Å². The standard InChI is InChI=1S/C13H18N2O2S/c1-9(2)8-14-12(16)13(17)15-10-5-4-6-11(7-10)18-3/h4-7,9H,8H2,1-3H3,(H,14,16)(H,15,17). The molecule has 0 heterocycles. The van der Waals surface area contributed by atoms with E-state index in [0.29, 0.717) is 18.2 Å². The molecule has 0 saturated carbocycles. The number of benzene rings is 1. The first kappa shape index (κ1) is 14.6. The molecule has 0 bridgehead atoms. The lowest BCUT2D eigenvalue weighted by molar-refractivity contribution is -0.136. The lowest BCUT2D eigenvalue weighted by atomic mass is 10.2. The number of nitrogens with one attached hydrogen (secondary N) is 2. The Hall–Kier alpha value is -1.49. The summed E-state index contributed by atoms with van der Waals surface area (Å²) in [5.74, 6) is -0.909. The maximum absolute atomic E-state index is 11.6. The van der Waals surface area contributed by atoms with Gasteiger partial charge in [-0.05, 0) is 30.4 Å². The maximum atomic E-state index is 11.6. The van der Waals surface area contributed by atoms with Crippen molar-refractivity contribution in [1.29, 1.82) is 0 Å². The van der Waals surface area contributed by atoms with Gasteiger partial charge in [0.15, 0.2) is 0 Å². The Kier molecular flexibility index (Phi) is 5.71. The zero-order valence-electron chi connectivity index (χ0n) is 10.8. The van der Waals surface area contributed by atoms with Crippen molar-refractivity contribution >= 4 is 29.3 Å². The minimum Gasteiger partial charge on any atom is -0.348 e. The fourth-order valence-corrected chi connectivity index (χ4v) is 1.73. The number of hydrogen-bond donors (Lipinski definition) is 2. The van der Waals surface area contributed by atoms with Gasteiger partial charge in [0.05, 0.1) is 0 Å². The fraction of sp³-hybridized carbons (Fsp3) is 0.385. The van der Waals surface area contributed by atoms with Gasteiger partial charge in [-0.2, -0.15) is 0 Å². The van der Waals surface area contributed by atoms with E-state index in [1.807, 2.05) is 38.3 Å². The molecule has 0 aliphatic rings. The zero-order valence-corrected chi connectivity index (χ0v) is 11.6. The topological polar surface area (TPSA) is 58.2 Å². The predicted molar refractivity (Wildman–Crippen MR) is 74.7 cm³/mol. The van der Waals surface area contributed by atoms with E-state index in [9.17, 15) is 9.59 Å². The van der Waals surface area contributed by atoms with Crippen molar-refractivity contribution in [2.24, 2.45) is 5.92 Å². The van der Waals surface area contributed by atoms with E-state index >= 15 is 0 Å². The molecule has 5 heteroatoms. The van der Waals surface area contributed by atoms with Gasteiger partial charge >= 0.3 is 11.8 Å². The Balaban J connectivity index is 2.55. The van der Waals surface area contributed by atoms with Crippen molar-refractivity contribution in [2.75, 3.05) is 18.1 Å². The minimum atomic E-state index is -0.631. The van der Waals surface area contributed by atoms with Crippen molar-refractivity contribution in [1.82, 2.24) is 5.32 Å². The summed E-state index contributed by atoms with van der Waals surface area (Å²) in [4.78, 5) is 24.1. The predicted octanol–water partition coefficient (Wildman–Crippen LogP) is 2.12. The van der Waals surface area contributed by atoms with E-state index in [1.54, 1.807) is 17.8 Å². The van der Waals surface area contributed by atoms with E-state index in [0.717, 1.165) is 4.90 Å². The van der Waals surface area contributed by atoms with Crippen LogP contribution in [0.15, 0.2) is 29.2 Å². The Morgan fingerprint density at radius 1 is 1.28 bits per heavy atom. The molecule has 0 unspecified atom stereocenters. The lowest BCUT2D eigenvalue weighted by Crippen LogP contribution is -2.37. The van der Waals surface area contributed by atoms with Crippen LogP contribution in [0.3, 0.4) is 0 Å². The molecule has 1 aromatic rings. The molecule has 0 radical (unpaired) electrons. The van der Waals surface area contributed by atoms with E-state index < -0.39 is 11.8 Å². The monoisotopic (exact) mass is 266 g/mol. The molecule has 4 nitrogen and oxygen atoms in total. The molecule has 0 aromatic heterocycles. The first-order valence-corrected chi connectivity index (χ1v) is 6.98. The van der Waals surface area contributed by atoms with E-state index in [1.165, 1.54) is 0 Å². The summed E-state index contributed by atoms with van der Waals surface area (Å²) in [6, 6.07) is 7.37. The Bertz CT molecular complexity index is 433. The normalized spacial score (nSPS) is 10.2.